The van der Waals surface area contributed by atoms with Gasteiger partial charge in [-0.15, -0.1) is 24.2 Å². The lowest BCUT2D eigenvalue weighted by Gasteiger charge is -2.15. The Balaban J connectivity index is 0.00000210. The molecule has 27 heavy (non-hydrogen) atoms. The van der Waals surface area contributed by atoms with E-state index < -0.39 is 0 Å². The fraction of sp³-hybridized carbons (Fsp3) is 0.250. The van der Waals surface area contributed by atoms with E-state index in [0.717, 1.165) is 27.8 Å². The van der Waals surface area contributed by atoms with Gasteiger partial charge in [0.25, 0.3) is 5.91 Å². The lowest BCUT2D eigenvalue weighted by atomic mass is 10.1. The maximum atomic E-state index is 13.0. The van der Waals surface area contributed by atoms with Gasteiger partial charge in [-0.3, -0.25) is 4.79 Å². The fourth-order valence-corrected chi connectivity index (χ4v) is 4.51. The summed E-state index contributed by atoms with van der Waals surface area (Å²) in [4.78, 5) is 15.8. The molecule has 142 valence electrons. The minimum absolute atomic E-state index is 0. The van der Waals surface area contributed by atoms with Crippen LogP contribution in [0.2, 0.25) is 5.02 Å². The normalized spacial score (nSPS) is 16.5. The molecule has 2 aromatic carbocycles. The molecule has 0 bridgehead atoms. The van der Waals surface area contributed by atoms with E-state index in [9.17, 15) is 4.79 Å². The zero-order valence-corrected chi connectivity index (χ0v) is 16.9. The van der Waals surface area contributed by atoms with Gasteiger partial charge in [-0.05, 0) is 24.6 Å². The molecule has 0 spiro atoms. The summed E-state index contributed by atoms with van der Waals surface area (Å²) in [7, 11) is 0. The second-order valence-corrected chi connectivity index (χ2v) is 7.85. The average molecular weight is 423 g/mol. The summed E-state index contributed by atoms with van der Waals surface area (Å²) in [5.41, 5.74) is 7.61. The Hall–Kier alpha value is -1.66. The first-order valence-electron chi connectivity index (χ1n) is 8.56. The highest BCUT2D eigenvalue weighted by Crippen LogP contribution is 2.35. The molecule has 1 fully saturated rings. The van der Waals surface area contributed by atoms with Crippen molar-refractivity contribution in [3.05, 3.63) is 64.9 Å². The highest BCUT2D eigenvalue weighted by Gasteiger charge is 2.29. The van der Waals surface area contributed by atoms with Crippen molar-refractivity contribution in [1.29, 1.82) is 0 Å². The first-order chi connectivity index (χ1) is 12.6. The number of furan rings is 1. The van der Waals surface area contributed by atoms with Crippen LogP contribution in [0.15, 0.2) is 57.8 Å². The summed E-state index contributed by atoms with van der Waals surface area (Å²) in [6, 6.07) is 15.5. The molecule has 1 atom stereocenters. The van der Waals surface area contributed by atoms with Crippen LogP contribution in [0.5, 0.6) is 0 Å². The number of thioether (sulfide) groups is 1. The fourth-order valence-electron chi connectivity index (χ4n) is 3.24. The predicted molar refractivity (Wildman–Crippen MR) is 113 cm³/mol. The molecule has 1 aliphatic heterocycles. The number of amides is 1. The number of halogens is 2. The Bertz CT molecular complexity index is 960. The molecule has 1 saturated heterocycles. The van der Waals surface area contributed by atoms with E-state index >= 15 is 0 Å². The molecule has 3 aromatic rings. The Kier molecular flexibility index (Phi) is 6.37. The van der Waals surface area contributed by atoms with Crippen LogP contribution in [0.4, 0.5) is 0 Å². The van der Waals surface area contributed by atoms with Gasteiger partial charge in [-0.25, -0.2) is 0 Å². The highest BCUT2D eigenvalue weighted by atomic mass is 35.5. The lowest BCUT2D eigenvalue weighted by Crippen LogP contribution is -2.32. The summed E-state index contributed by atoms with van der Waals surface area (Å²) in [6.45, 7) is 1.25. The molecule has 4 nitrogen and oxygen atoms in total. The zero-order valence-electron chi connectivity index (χ0n) is 14.6. The van der Waals surface area contributed by atoms with Crippen LogP contribution in [-0.4, -0.2) is 29.9 Å². The minimum atomic E-state index is -0.0797. The summed E-state index contributed by atoms with van der Waals surface area (Å²) in [6.07, 6.45) is 0.829. The van der Waals surface area contributed by atoms with E-state index in [4.69, 9.17) is 21.8 Å². The number of carbonyl (C=O) groups is 1. The Labute approximate surface area is 173 Å². The van der Waals surface area contributed by atoms with Gasteiger partial charge >= 0.3 is 0 Å². The van der Waals surface area contributed by atoms with E-state index in [1.807, 2.05) is 48.5 Å². The molecule has 0 radical (unpaired) electrons. The monoisotopic (exact) mass is 422 g/mol. The molecule has 0 aliphatic carbocycles. The molecule has 0 saturated carbocycles. The number of benzene rings is 2. The van der Waals surface area contributed by atoms with Crippen LogP contribution in [-0.2, 0) is 5.75 Å². The number of fused-ring (bicyclic) bond motifs is 1. The number of hydrogen-bond acceptors (Lipinski definition) is 4. The van der Waals surface area contributed by atoms with Crippen LogP contribution < -0.4 is 5.73 Å². The number of nitrogens with zero attached hydrogens (tertiary/aromatic N) is 1. The van der Waals surface area contributed by atoms with Crippen molar-refractivity contribution in [2.24, 2.45) is 5.73 Å². The van der Waals surface area contributed by atoms with E-state index in [-0.39, 0.29) is 24.4 Å². The summed E-state index contributed by atoms with van der Waals surface area (Å²) in [5.74, 6) is 0.950. The number of para-hydroxylation sites is 1. The van der Waals surface area contributed by atoms with Gasteiger partial charge in [0.2, 0.25) is 0 Å². The SMILES string of the molecule is Cl.N[C@@H]1CCN(C(=O)c2oc3ccccc3c2CSc2ccccc2Cl)C1. The minimum Gasteiger partial charge on any atom is -0.451 e. The molecular weight excluding hydrogens is 403 g/mol. The van der Waals surface area contributed by atoms with Crippen molar-refractivity contribution in [2.45, 2.75) is 23.1 Å². The largest absolute Gasteiger partial charge is 0.451 e. The number of hydrogen-bond donors (Lipinski definition) is 1. The number of carbonyl (C=O) groups excluding carboxylic acids is 1. The second kappa shape index (κ2) is 8.57. The van der Waals surface area contributed by atoms with Gasteiger partial charge in [0.05, 0.1) is 5.02 Å². The molecule has 7 heteroatoms. The van der Waals surface area contributed by atoms with Crippen molar-refractivity contribution in [1.82, 2.24) is 4.90 Å². The van der Waals surface area contributed by atoms with Crippen LogP contribution >= 0.6 is 35.8 Å². The van der Waals surface area contributed by atoms with Crippen molar-refractivity contribution < 1.29 is 9.21 Å². The van der Waals surface area contributed by atoms with E-state index in [1.54, 1.807) is 16.7 Å². The Morgan fingerprint density at radius 3 is 2.70 bits per heavy atom. The topological polar surface area (TPSA) is 59.5 Å². The van der Waals surface area contributed by atoms with Gasteiger partial charge in [0, 0.05) is 40.7 Å². The molecule has 2 heterocycles. The van der Waals surface area contributed by atoms with Crippen molar-refractivity contribution in [3.63, 3.8) is 0 Å². The maximum absolute atomic E-state index is 13.0. The first-order valence-corrected chi connectivity index (χ1v) is 9.92. The molecule has 2 N–H and O–H groups in total. The maximum Gasteiger partial charge on any atom is 0.289 e. The van der Waals surface area contributed by atoms with Gasteiger partial charge in [-0.1, -0.05) is 41.9 Å². The standard InChI is InChI=1S/C20H19ClN2O2S.ClH/c21-16-6-2-4-8-18(16)26-12-15-14-5-1-3-7-17(14)25-19(15)20(24)23-10-9-13(22)11-23;/h1-8,13H,9-12,22H2;1H/t13-;/m1./s1. The quantitative estimate of drug-likeness (QED) is 0.602. The second-order valence-electron chi connectivity index (χ2n) is 6.42. The summed E-state index contributed by atoms with van der Waals surface area (Å²) in [5, 5.41) is 1.68. The van der Waals surface area contributed by atoms with E-state index in [1.165, 1.54) is 0 Å². The third-order valence-corrected chi connectivity index (χ3v) is 6.15. The molecular formula is C20H20Cl2N2O2S. The van der Waals surface area contributed by atoms with Crippen LogP contribution in [0.3, 0.4) is 0 Å². The lowest BCUT2D eigenvalue weighted by molar-refractivity contribution is 0.0760. The van der Waals surface area contributed by atoms with Gasteiger partial charge < -0.3 is 15.1 Å². The zero-order chi connectivity index (χ0) is 18.1. The molecule has 1 aromatic heterocycles. The Morgan fingerprint density at radius 1 is 1.22 bits per heavy atom. The van der Waals surface area contributed by atoms with Crippen LogP contribution in [0, 0.1) is 0 Å². The molecule has 1 amide bonds. The van der Waals surface area contributed by atoms with Gasteiger partial charge in [0.1, 0.15) is 5.58 Å². The molecule has 1 aliphatic rings. The van der Waals surface area contributed by atoms with E-state index in [2.05, 4.69) is 0 Å². The first kappa shape index (κ1) is 20.1. The van der Waals surface area contributed by atoms with E-state index in [0.29, 0.717) is 29.6 Å². The summed E-state index contributed by atoms with van der Waals surface area (Å²) < 4.78 is 5.95. The molecule has 4 rings (SSSR count). The van der Waals surface area contributed by atoms with Crippen molar-refractivity contribution in [3.8, 4) is 0 Å². The average Bonchev–Trinajstić information content (AvgIpc) is 3.24. The van der Waals surface area contributed by atoms with Gasteiger partial charge in [-0.2, -0.15) is 0 Å². The molecule has 0 unspecified atom stereocenters. The Morgan fingerprint density at radius 2 is 1.96 bits per heavy atom. The highest BCUT2D eigenvalue weighted by molar-refractivity contribution is 7.98. The van der Waals surface area contributed by atoms with Crippen LogP contribution in [0.1, 0.15) is 22.5 Å². The number of nitrogens with two attached hydrogens (primary N) is 1. The van der Waals surface area contributed by atoms with Gasteiger partial charge in [0.15, 0.2) is 5.76 Å². The predicted octanol–water partition coefficient (Wildman–Crippen LogP) is 4.97. The number of likely N-dealkylation sites (tertiary alicyclic amines) is 1. The van der Waals surface area contributed by atoms with Crippen molar-refractivity contribution >= 4 is 52.6 Å². The third-order valence-electron chi connectivity index (χ3n) is 4.61. The van der Waals surface area contributed by atoms with Crippen molar-refractivity contribution in [2.75, 3.05) is 13.1 Å². The third kappa shape index (κ3) is 4.11. The number of rotatable bonds is 4. The summed E-state index contributed by atoms with van der Waals surface area (Å²) >= 11 is 7.88. The smallest absolute Gasteiger partial charge is 0.289 e. The van der Waals surface area contributed by atoms with Crippen LogP contribution in [0.25, 0.3) is 11.0 Å².